The number of amides is 1. The first kappa shape index (κ1) is 16.9. The molecule has 1 rings (SSSR count). The lowest BCUT2D eigenvalue weighted by molar-refractivity contribution is -0.120. The maximum Gasteiger partial charge on any atom is 0.217 e. The molecule has 5 heteroatoms. The molecule has 1 aromatic rings. The number of nitrogens with zero attached hydrogens (tertiary/aromatic N) is 1. The molecular formula is C13H21ClN2O2. The third-order valence-corrected chi connectivity index (χ3v) is 2.44. The normalized spacial score (nSPS) is 11.8. The van der Waals surface area contributed by atoms with Crippen LogP contribution in [0.1, 0.15) is 24.1 Å². The maximum absolute atomic E-state index is 11.0. The molecule has 0 heterocycles. The third-order valence-electron chi connectivity index (χ3n) is 2.44. The van der Waals surface area contributed by atoms with E-state index in [-0.39, 0.29) is 31.0 Å². The van der Waals surface area contributed by atoms with Gasteiger partial charge in [-0.05, 0) is 25.2 Å². The van der Waals surface area contributed by atoms with Gasteiger partial charge in [-0.15, -0.1) is 12.4 Å². The van der Waals surface area contributed by atoms with Gasteiger partial charge < -0.3 is 15.3 Å². The van der Waals surface area contributed by atoms with Crippen LogP contribution in [0, 0.1) is 0 Å². The van der Waals surface area contributed by atoms with Gasteiger partial charge in [0, 0.05) is 13.5 Å². The average molecular weight is 273 g/mol. The van der Waals surface area contributed by atoms with E-state index in [0.717, 1.165) is 12.1 Å². The van der Waals surface area contributed by atoms with Crippen molar-refractivity contribution in [1.82, 2.24) is 10.2 Å². The molecule has 0 spiro atoms. The SMILES string of the molecule is CC(=O)N[C@H](CO)c1ccc(CN(C)C)cc1.Cl. The van der Waals surface area contributed by atoms with E-state index < -0.39 is 0 Å². The highest BCUT2D eigenvalue weighted by molar-refractivity contribution is 5.85. The summed E-state index contributed by atoms with van der Waals surface area (Å²) in [5, 5.41) is 11.9. The van der Waals surface area contributed by atoms with Crippen LogP contribution in [0.3, 0.4) is 0 Å². The number of hydrogen-bond donors (Lipinski definition) is 2. The van der Waals surface area contributed by atoms with E-state index in [1.54, 1.807) is 0 Å². The summed E-state index contributed by atoms with van der Waals surface area (Å²) in [6, 6.07) is 7.59. The van der Waals surface area contributed by atoms with Gasteiger partial charge in [-0.2, -0.15) is 0 Å². The summed E-state index contributed by atoms with van der Waals surface area (Å²) in [4.78, 5) is 13.1. The van der Waals surface area contributed by atoms with Crippen LogP contribution < -0.4 is 5.32 Å². The Labute approximate surface area is 114 Å². The van der Waals surface area contributed by atoms with Crippen LogP contribution in [0.15, 0.2) is 24.3 Å². The molecule has 1 aromatic carbocycles. The third kappa shape index (κ3) is 5.49. The number of aliphatic hydroxyl groups is 1. The Hall–Kier alpha value is -1.10. The first-order valence-electron chi connectivity index (χ1n) is 5.64. The molecule has 18 heavy (non-hydrogen) atoms. The molecule has 4 nitrogen and oxygen atoms in total. The number of aliphatic hydroxyl groups excluding tert-OH is 1. The largest absolute Gasteiger partial charge is 0.394 e. The average Bonchev–Trinajstić information content (AvgIpc) is 2.26. The number of carbonyl (C=O) groups excluding carboxylic acids is 1. The lowest BCUT2D eigenvalue weighted by atomic mass is 10.1. The van der Waals surface area contributed by atoms with E-state index in [4.69, 9.17) is 0 Å². The van der Waals surface area contributed by atoms with Crippen molar-refractivity contribution in [2.24, 2.45) is 0 Å². The molecule has 0 aliphatic rings. The summed E-state index contributed by atoms with van der Waals surface area (Å²) in [7, 11) is 4.03. The lowest BCUT2D eigenvalue weighted by Gasteiger charge is -2.16. The smallest absolute Gasteiger partial charge is 0.217 e. The van der Waals surface area contributed by atoms with Crippen molar-refractivity contribution in [2.75, 3.05) is 20.7 Å². The van der Waals surface area contributed by atoms with Gasteiger partial charge in [0.1, 0.15) is 0 Å². The topological polar surface area (TPSA) is 52.6 Å². The van der Waals surface area contributed by atoms with Crippen LogP contribution in [0.25, 0.3) is 0 Å². The van der Waals surface area contributed by atoms with E-state index in [2.05, 4.69) is 10.2 Å². The minimum atomic E-state index is -0.319. The number of rotatable bonds is 5. The molecule has 0 saturated heterocycles. The molecule has 0 bridgehead atoms. The molecule has 0 fully saturated rings. The molecule has 0 aliphatic heterocycles. The Balaban J connectivity index is 0.00000289. The van der Waals surface area contributed by atoms with Gasteiger partial charge in [-0.3, -0.25) is 4.79 Å². The van der Waals surface area contributed by atoms with Crippen LogP contribution in [0.4, 0.5) is 0 Å². The van der Waals surface area contributed by atoms with Gasteiger partial charge in [0.25, 0.3) is 0 Å². The molecule has 0 aromatic heterocycles. The van der Waals surface area contributed by atoms with Gasteiger partial charge in [0.2, 0.25) is 5.91 Å². The summed E-state index contributed by atoms with van der Waals surface area (Å²) in [5.74, 6) is -0.138. The number of carbonyl (C=O) groups is 1. The Bertz CT molecular complexity index is 366. The molecule has 1 amide bonds. The zero-order valence-electron chi connectivity index (χ0n) is 11.0. The van der Waals surface area contributed by atoms with Crippen LogP contribution in [0.2, 0.25) is 0 Å². The van der Waals surface area contributed by atoms with Crippen LogP contribution in [0.5, 0.6) is 0 Å². The first-order chi connectivity index (χ1) is 8.02. The Morgan fingerprint density at radius 3 is 2.28 bits per heavy atom. The van der Waals surface area contributed by atoms with E-state index in [0.29, 0.717) is 0 Å². The monoisotopic (exact) mass is 272 g/mol. The molecule has 102 valence electrons. The highest BCUT2D eigenvalue weighted by Crippen LogP contribution is 2.14. The summed E-state index contributed by atoms with van der Waals surface area (Å²) >= 11 is 0. The predicted octanol–water partition coefficient (Wildman–Crippen LogP) is 1.34. The number of benzene rings is 1. The van der Waals surface area contributed by atoms with E-state index in [9.17, 15) is 9.90 Å². The van der Waals surface area contributed by atoms with Crippen LogP contribution >= 0.6 is 12.4 Å². The van der Waals surface area contributed by atoms with E-state index >= 15 is 0 Å². The molecule has 0 unspecified atom stereocenters. The second-order valence-electron chi connectivity index (χ2n) is 4.42. The molecule has 1 atom stereocenters. The summed E-state index contributed by atoms with van der Waals surface area (Å²) < 4.78 is 0. The zero-order chi connectivity index (χ0) is 12.8. The van der Waals surface area contributed by atoms with Crippen molar-refractivity contribution in [1.29, 1.82) is 0 Å². The number of nitrogens with one attached hydrogen (secondary N) is 1. The van der Waals surface area contributed by atoms with Gasteiger partial charge in [-0.25, -0.2) is 0 Å². The molecular weight excluding hydrogens is 252 g/mol. The molecule has 0 radical (unpaired) electrons. The zero-order valence-corrected chi connectivity index (χ0v) is 11.8. The number of halogens is 1. The number of hydrogen-bond acceptors (Lipinski definition) is 3. The quantitative estimate of drug-likeness (QED) is 0.851. The highest BCUT2D eigenvalue weighted by Gasteiger charge is 2.10. The lowest BCUT2D eigenvalue weighted by Crippen LogP contribution is -2.28. The van der Waals surface area contributed by atoms with E-state index in [1.807, 2.05) is 38.4 Å². The van der Waals surface area contributed by atoms with Crippen LogP contribution in [-0.4, -0.2) is 36.6 Å². The van der Waals surface area contributed by atoms with Crippen molar-refractivity contribution in [3.8, 4) is 0 Å². The van der Waals surface area contributed by atoms with Crippen molar-refractivity contribution in [3.05, 3.63) is 35.4 Å². The second kappa shape index (κ2) is 8.08. The van der Waals surface area contributed by atoms with Crippen molar-refractivity contribution in [2.45, 2.75) is 19.5 Å². The fourth-order valence-corrected chi connectivity index (χ4v) is 1.70. The molecule has 0 aliphatic carbocycles. The Kier molecular flexibility index (Phi) is 7.59. The van der Waals surface area contributed by atoms with Gasteiger partial charge in [0.15, 0.2) is 0 Å². The van der Waals surface area contributed by atoms with Crippen molar-refractivity contribution in [3.63, 3.8) is 0 Å². The summed E-state index contributed by atoms with van der Waals surface area (Å²) in [6.07, 6.45) is 0. The van der Waals surface area contributed by atoms with Gasteiger partial charge in [0.05, 0.1) is 12.6 Å². The van der Waals surface area contributed by atoms with Gasteiger partial charge >= 0.3 is 0 Å². The second-order valence-corrected chi connectivity index (χ2v) is 4.42. The Morgan fingerprint density at radius 1 is 1.33 bits per heavy atom. The predicted molar refractivity (Wildman–Crippen MR) is 74.7 cm³/mol. The maximum atomic E-state index is 11.0. The fraction of sp³-hybridized carbons (Fsp3) is 0.462. The van der Waals surface area contributed by atoms with Crippen LogP contribution in [-0.2, 0) is 11.3 Å². The van der Waals surface area contributed by atoms with Crippen molar-refractivity contribution >= 4 is 18.3 Å². The van der Waals surface area contributed by atoms with Crippen molar-refractivity contribution < 1.29 is 9.90 Å². The highest BCUT2D eigenvalue weighted by atomic mass is 35.5. The molecule has 0 saturated carbocycles. The first-order valence-corrected chi connectivity index (χ1v) is 5.64. The standard InChI is InChI=1S/C13H20N2O2.ClH/c1-10(17)14-13(9-16)12-6-4-11(5-7-12)8-15(2)3;/h4-7,13,16H,8-9H2,1-3H3,(H,14,17);1H/t13-;/m1./s1. The minimum absolute atomic E-state index is 0. The molecule has 2 N–H and O–H groups in total. The summed E-state index contributed by atoms with van der Waals surface area (Å²) in [6.45, 7) is 2.24. The van der Waals surface area contributed by atoms with E-state index in [1.165, 1.54) is 12.5 Å². The minimum Gasteiger partial charge on any atom is -0.394 e. The van der Waals surface area contributed by atoms with Gasteiger partial charge in [-0.1, -0.05) is 24.3 Å². The Morgan fingerprint density at radius 2 is 1.89 bits per heavy atom. The summed E-state index contributed by atoms with van der Waals surface area (Å²) in [5.41, 5.74) is 2.13. The fourth-order valence-electron chi connectivity index (χ4n) is 1.70.